The van der Waals surface area contributed by atoms with Crippen LogP contribution in [0.2, 0.25) is 0 Å². The molecule has 0 spiro atoms. The highest BCUT2D eigenvalue weighted by molar-refractivity contribution is 9.10. The van der Waals surface area contributed by atoms with E-state index in [0.717, 1.165) is 34.8 Å². The van der Waals surface area contributed by atoms with Crippen LogP contribution in [0.1, 0.15) is 0 Å². The Hall–Kier alpha value is -2.28. The highest BCUT2D eigenvalue weighted by atomic mass is 79.9. The molecule has 1 N–H and O–H groups in total. The summed E-state index contributed by atoms with van der Waals surface area (Å²) in [6.07, 6.45) is 1.75. The Balaban J connectivity index is 1.89. The molecule has 5 nitrogen and oxygen atoms in total. The second-order valence-electron chi connectivity index (χ2n) is 4.96. The van der Waals surface area contributed by atoms with E-state index >= 15 is 0 Å². The van der Waals surface area contributed by atoms with Crippen LogP contribution in [0.4, 0.5) is 15.9 Å². The van der Waals surface area contributed by atoms with Crippen LogP contribution in [0, 0.1) is 5.82 Å². The van der Waals surface area contributed by atoms with Gasteiger partial charge in [0, 0.05) is 24.8 Å². The Kier molecular flexibility index (Phi) is 3.15. The summed E-state index contributed by atoms with van der Waals surface area (Å²) >= 11 is 3.55. The van der Waals surface area contributed by atoms with E-state index in [2.05, 4.69) is 40.8 Å². The first-order valence-corrected chi connectivity index (χ1v) is 7.60. The summed E-state index contributed by atoms with van der Waals surface area (Å²) in [6, 6.07) is 7.93. The summed E-state index contributed by atoms with van der Waals surface area (Å²) in [7, 11) is 0. The van der Waals surface area contributed by atoms with E-state index in [1.54, 1.807) is 18.3 Å². The van der Waals surface area contributed by atoms with Crippen LogP contribution in [0.25, 0.3) is 11.4 Å². The quantitative estimate of drug-likeness (QED) is 0.726. The maximum absolute atomic E-state index is 12.9. The molecule has 0 atom stereocenters. The van der Waals surface area contributed by atoms with Crippen LogP contribution in [-0.2, 0) is 6.54 Å². The average Bonchev–Trinajstić information content (AvgIpc) is 3.01. The zero-order chi connectivity index (χ0) is 15.1. The first kappa shape index (κ1) is 13.4. The van der Waals surface area contributed by atoms with Crippen LogP contribution in [0.5, 0.6) is 0 Å². The predicted molar refractivity (Wildman–Crippen MR) is 84.5 cm³/mol. The van der Waals surface area contributed by atoms with Gasteiger partial charge in [0.15, 0.2) is 0 Å². The number of aromatic nitrogens is 3. The van der Waals surface area contributed by atoms with Crippen LogP contribution < -0.4 is 10.9 Å². The SMILES string of the molecule is Fc1ccc(N=c2ncc3cc(Br)c4n(c-3n2)CCN4)cc1. The molecule has 4 rings (SSSR count). The van der Waals surface area contributed by atoms with Crippen molar-refractivity contribution in [2.24, 2.45) is 4.99 Å². The van der Waals surface area contributed by atoms with Gasteiger partial charge in [-0.25, -0.2) is 14.4 Å². The highest BCUT2D eigenvalue weighted by Crippen LogP contribution is 2.33. The van der Waals surface area contributed by atoms with Gasteiger partial charge in [-0.1, -0.05) is 0 Å². The van der Waals surface area contributed by atoms with Crippen LogP contribution in [-0.4, -0.2) is 21.1 Å². The normalized spacial score (nSPS) is 14.2. The van der Waals surface area contributed by atoms with Gasteiger partial charge in [0.2, 0.25) is 0 Å². The highest BCUT2D eigenvalue weighted by Gasteiger charge is 2.19. The largest absolute Gasteiger partial charge is 0.369 e. The van der Waals surface area contributed by atoms with Crippen molar-refractivity contribution >= 4 is 27.4 Å². The molecule has 1 aromatic rings. The topological polar surface area (TPSA) is 55.1 Å². The molecule has 0 aliphatic carbocycles. The number of rotatable bonds is 1. The fraction of sp³-hybridized carbons (Fsp3) is 0.133. The molecule has 0 unspecified atom stereocenters. The minimum Gasteiger partial charge on any atom is -0.369 e. The fourth-order valence-corrected chi connectivity index (χ4v) is 3.10. The number of anilines is 1. The minimum atomic E-state index is -0.289. The second-order valence-corrected chi connectivity index (χ2v) is 5.81. The van der Waals surface area contributed by atoms with Crippen molar-refractivity contribution in [3.63, 3.8) is 0 Å². The summed E-state index contributed by atoms with van der Waals surface area (Å²) in [5.74, 6) is 1.56. The maximum Gasteiger partial charge on any atom is 0.251 e. The van der Waals surface area contributed by atoms with Gasteiger partial charge in [-0.2, -0.15) is 4.98 Å². The summed E-state index contributed by atoms with van der Waals surface area (Å²) < 4.78 is 16.0. The Morgan fingerprint density at radius 1 is 1.27 bits per heavy atom. The molecule has 0 fully saturated rings. The minimum absolute atomic E-state index is 0.289. The molecule has 0 radical (unpaired) electrons. The Labute approximate surface area is 134 Å². The summed E-state index contributed by atoms with van der Waals surface area (Å²) in [5, 5.41) is 3.32. The molecule has 22 heavy (non-hydrogen) atoms. The van der Waals surface area contributed by atoms with Crippen LogP contribution in [0.15, 0.2) is 46.0 Å². The maximum atomic E-state index is 12.9. The van der Waals surface area contributed by atoms with E-state index in [-0.39, 0.29) is 5.82 Å². The van der Waals surface area contributed by atoms with Gasteiger partial charge in [0.05, 0.1) is 10.2 Å². The number of fused-ring (bicyclic) bond motifs is 3. The van der Waals surface area contributed by atoms with E-state index in [0.29, 0.717) is 11.3 Å². The second kappa shape index (κ2) is 5.17. The van der Waals surface area contributed by atoms with Gasteiger partial charge in [-0.05, 0) is 46.3 Å². The first-order chi connectivity index (χ1) is 10.7. The lowest BCUT2D eigenvalue weighted by Crippen LogP contribution is -2.17. The van der Waals surface area contributed by atoms with Crippen LogP contribution in [0.3, 0.4) is 0 Å². The lowest BCUT2D eigenvalue weighted by atomic mass is 10.2. The van der Waals surface area contributed by atoms with Crippen molar-refractivity contribution in [1.29, 1.82) is 0 Å². The third-order valence-corrected chi connectivity index (χ3v) is 4.11. The summed E-state index contributed by atoms with van der Waals surface area (Å²) in [6.45, 7) is 1.71. The molecule has 0 saturated carbocycles. The molecule has 110 valence electrons. The summed E-state index contributed by atoms with van der Waals surface area (Å²) in [4.78, 5) is 13.1. The molecular formula is C15H11BrFN5. The molecule has 7 heteroatoms. The predicted octanol–water partition coefficient (Wildman–Crippen LogP) is 2.94. The molecule has 0 amide bonds. The molecule has 0 bridgehead atoms. The smallest absolute Gasteiger partial charge is 0.251 e. The lowest BCUT2D eigenvalue weighted by molar-refractivity contribution is 0.628. The lowest BCUT2D eigenvalue weighted by Gasteiger charge is -2.13. The number of benzene rings is 1. The third-order valence-electron chi connectivity index (χ3n) is 3.50. The van der Waals surface area contributed by atoms with Gasteiger partial charge in [0.1, 0.15) is 17.5 Å². The van der Waals surface area contributed by atoms with Crippen molar-refractivity contribution in [1.82, 2.24) is 14.5 Å². The molecule has 0 saturated heterocycles. The number of halogens is 2. The molecule has 0 aromatic heterocycles. The van der Waals surface area contributed by atoms with Gasteiger partial charge in [0.25, 0.3) is 5.62 Å². The number of nitrogens with one attached hydrogen (secondary N) is 1. The number of nitrogens with zero attached hydrogens (tertiary/aromatic N) is 4. The van der Waals surface area contributed by atoms with Crippen molar-refractivity contribution in [3.05, 3.63) is 52.4 Å². The zero-order valence-electron chi connectivity index (χ0n) is 11.4. The third kappa shape index (κ3) is 2.27. The van der Waals surface area contributed by atoms with E-state index < -0.39 is 0 Å². The molecule has 1 aromatic carbocycles. The van der Waals surface area contributed by atoms with Crippen LogP contribution >= 0.6 is 15.9 Å². The van der Waals surface area contributed by atoms with Crippen molar-refractivity contribution in [2.45, 2.75) is 6.54 Å². The zero-order valence-corrected chi connectivity index (χ0v) is 13.0. The first-order valence-electron chi connectivity index (χ1n) is 6.81. The van der Waals surface area contributed by atoms with Crippen molar-refractivity contribution in [3.8, 4) is 11.4 Å². The van der Waals surface area contributed by atoms with Gasteiger partial charge in [-0.3, -0.25) is 0 Å². The van der Waals surface area contributed by atoms with Gasteiger partial charge in [-0.15, -0.1) is 0 Å². The number of pyridine rings is 1. The number of hydrogen-bond donors (Lipinski definition) is 1. The van der Waals surface area contributed by atoms with Crippen molar-refractivity contribution in [2.75, 3.05) is 11.9 Å². The van der Waals surface area contributed by atoms with Gasteiger partial charge < -0.3 is 9.88 Å². The monoisotopic (exact) mass is 359 g/mol. The van der Waals surface area contributed by atoms with E-state index in [4.69, 9.17) is 0 Å². The average molecular weight is 360 g/mol. The van der Waals surface area contributed by atoms with Crippen molar-refractivity contribution < 1.29 is 4.39 Å². The van der Waals surface area contributed by atoms with Gasteiger partial charge >= 0.3 is 0 Å². The van der Waals surface area contributed by atoms with E-state index in [9.17, 15) is 4.39 Å². The standard InChI is InChI=1S/C15H11BrFN5/c16-12-7-9-8-19-15(20-11-3-1-10(17)2-4-11)21-13(9)22-6-5-18-14(12)22/h1-4,7-8,18H,5-6H2. The summed E-state index contributed by atoms with van der Waals surface area (Å²) in [5.41, 5.74) is 1.93. The van der Waals surface area contributed by atoms with E-state index in [1.807, 2.05) is 6.07 Å². The molecule has 3 aliphatic heterocycles. The Morgan fingerprint density at radius 3 is 2.91 bits per heavy atom. The Bertz CT molecular complexity index is 888. The molecule has 3 aliphatic rings. The van der Waals surface area contributed by atoms with E-state index in [1.165, 1.54) is 12.1 Å². The molecule has 3 heterocycles. The molecular weight excluding hydrogens is 349 g/mol. The Morgan fingerprint density at radius 2 is 2.09 bits per heavy atom. The number of hydrogen-bond acceptors (Lipinski definition) is 4. The fourth-order valence-electron chi connectivity index (χ4n) is 2.50.